The highest BCUT2D eigenvalue weighted by atomic mass is 35.5. The Labute approximate surface area is 166 Å². The number of aryl methyl sites for hydroxylation is 1. The number of piperidine rings is 1. The molecule has 1 aromatic heterocycles. The number of likely N-dealkylation sites (tertiary alicyclic amines) is 1. The molecule has 1 amide bonds. The van der Waals surface area contributed by atoms with Gasteiger partial charge in [0.25, 0.3) is 0 Å². The second-order valence-corrected chi connectivity index (χ2v) is 7.61. The molecule has 1 aliphatic heterocycles. The van der Waals surface area contributed by atoms with Crippen LogP contribution in [0.4, 0.5) is 0 Å². The zero-order chi connectivity index (χ0) is 17.6. The summed E-state index contributed by atoms with van der Waals surface area (Å²) in [4.78, 5) is 19.2. The summed E-state index contributed by atoms with van der Waals surface area (Å²) in [6.45, 7) is 4.96. The zero-order valence-corrected chi connectivity index (χ0v) is 17.2. The lowest BCUT2D eigenvalue weighted by Crippen LogP contribution is -2.41. The van der Waals surface area contributed by atoms with Crippen molar-refractivity contribution in [2.75, 3.05) is 26.7 Å². The summed E-state index contributed by atoms with van der Waals surface area (Å²) >= 11 is 1.62. The molecule has 2 aromatic rings. The Morgan fingerprint density at radius 1 is 1.27 bits per heavy atom. The Bertz CT molecular complexity index is 693. The molecule has 142 valence electrons. The Balaban J connectivity index is 0.00000243. The van der Waals surface area contributed by atoms with Crippen molar-refractivity contribution in [2.45, 2.75) is 32.6 Å². The second kappa shape index (κ2) is 10.0. The van der Waals surface area contributed by atoms with E-state index in [1.807, 2.05) is 17.3 Å². The molecule has 0 spiro atoms. The Morgan fingerprint density at radius 2 is 1.96 bits per heavy atom. The van der Waals surface area contributed by atoms with Crippen LogP contribution in [0.5, 0.6) is 0 Å². The van der Waals surface area contributed by atoms with Gasteiger partial charge in [-0.1, -0.05) is 31.2 Å². The first kappa shape index (κ1) is 20.9. The summed E-state index contributed by atoms with van der Waals surface area (Å²) in [5.41, 5.74) is 3.35. The van der Waals surface area contributed by atoms with Gasteiger partial charge in [0.15, 0.2) is 0 Å². The molecule has 6 heteroatoms. The molecule has 1 N–H and O–H groups in total. The van der Waals surface area contributed by atoms with E-state index < -0.39 is 0 Å². The van der Waals surface area contributed by atoms with Crippen molar-refractivity contribution in [3.05, 3.63) is 40.9 Å². The Morgan fingerprint density at radius 3 is 2.58 bits per heavy atom. The number of nitrogens with one attached hydrogen (secondary N) is 1. The molecule has 0 unspecified atom stereocenters. The van der Waals surface area contributed by atoms with Gasteiger partial charge in [-0.2, -0.15) is 0 Å². The van der Waals surface area contributed by atoms with Gasteiger partial charge in [-0.15, -0.1) is 23.7 Å². The van der Waals surface area contributed by atoms with Crippen molar-refractivity contribution in [2.24, 2.45) is 5.92 Å². The number of halogens is 1. The first-order valence-electron chi connectivity index (χ1n) is 9.15. The van der Waals surface area contributed by atoms with Gasteiger partial charge >= 0.3 is 0 Å². The van der Waals surface area contributed by atoms with Crippen LogP contribution < -0.4 is 5.32 Å². The Hall–Kier alpha value is -1.43. The summed E-state index contributed by atoms with van der Waals surface area (Å²) < 4.78 is 0. The third-order valence-corrected chi connectivity index (χ3v) is 5.89. The number of thiazole rings is 1. The molecule has 0 saturated carbocycles. The average molecular weight is 394 g/mol. The largest absolute Gasteiger partial charge is 0.342 e. The molecular weight excluding hydrogens is 366 g/mol. The number of hydrogen-bond acceptors (Lipinski definition) is 4. The van der Waals surface area contributed by atoms with Crippen LogP contribution in [-0.2, 0) is 17.6 Å². The van der Waals surface area contributed by atoms with Crippen molar-refractivity contribution in [1.82, 2.24) is 15.2 Å². The van der Waals surface area contributed by atoms with E-state index in [1.54, 1.807) is 11.3 Å². The van der Waals surface area contributed by atoms with Crippen molar-refractivity contribution >= 4 is 29.7 Å². The lowest BCUT2D eigenvalue weighted by Gasteiger charge is -2.31. The van der Waals surface area contributed by atoms with Crippen LogP contribution in [0.25, 0.3) is 10.6 Å². The zero-order valence-electron chi connectivity index (χ0n) is 15.5. The minimum Gasteiger partial charge on any atom is -0.342 e. The summed E-state index contributed by atoms with van der Waals surface area (Å²) in [6.07, 6.45) is 3.65. The fourth-order valence-electron chi connectivity index (χ4n) is 3.35. The standard InChI is InChI=1S/C20H27N3OS.ClH/c1-3-15-4-6-17(7-5-15)20-22-18(14-25-20)12-19(24)23-10-8-16(9-11-23)13-21-2;/h4-7,14,16,21H,3,8-13H2,1-2H3;1H. The lowest BCUT2D eigenvalue weighted by atomic mass is 9.96. The molecule has 1 aliphatic rings. The minimum atomic E-state index is 0. The molecule has 0 bridgehead atoms. The van der Waals surface area contributed by atoms with Gasteiger partial charge in [-0.25, -0.2) is 4.98 Å². The van der Waals surface area contributed by atoms with Gasteiger partial charge in [-0.3, -0.25) is 4.79 Å². The van der Waals surface area contributed by atoms with E-state index >= 15 is 0 Å². The van der Waals surface area contributed by atoms with Crippen LogP contribution >= 0.6 is 23.7 Å². The first-order valence-corrected chi connectivity index (χ1v) is 10.0. The van der Waals surface area contributed by atoms with Crippen LogP contribution in [0.15, 0.2) is 29.6 Å². The van der Waals surface area contributed by atoms with Gasteiger partial charge in [-0.05, 0) is 44.3 Å². The third kappa shape index (κ3) is 5.29. The predicted octanol–water partition coefficient (Wildman–Crippen LogP) is 3.79. The van der Waals surface area contributed by atoms with Gasteiger partial charge in [0.2, 0.25) is 5.91 Å². The minimum absolute atomic E-state index is 0. The number of nitrogens with zero attached hydrogens (tertiary/aromatic N) is 2. The van der Waals surface area contributed by atoms with E-state index in [-0.39, 0.29) is 18.3 Å². The normalized spacial score (nSPS) is 14.9. The first-order chi connectivity index (χ1) is 12.2. The molecule has 1 fully saturated rings. The third-order valence-electron chi connectivity index (χ3n) is 4.95. The topological polar surface area (TPSA) is 45.2 Å². The number of rotatable bonds is 6. The predicted molar refractivity (Wildman–Crippen MR) is 111 cm³/mol. The van der Waals surface area contributed by atoms with Crippen molar-refractivity contribution < 1.29 is 4.79 Å². The quantitative estimate of drug-likeness (QED) is 0.811. The molecule has 0 aliphatic carbocycles. The second-order valence-electron chi connectivity index (χ2n) is 6.75. The summed E-state index contributed by atoms with van der Waals surface area (Å²) in [5.74, 6) is 0.909. The molecular formula is C20H28ClN3OS. The van der Waals surface area contributed by atoms with E-state index in [9.17, 15) is 4.79 Å². The number of amides is 1. The Kier molecular flexibility index (Phi) is 8.07. The summed E-state index contributed by atoms with van der Waals surface area (Å²) in [5, 5.41) is 6.26. The number of hydrogen-bond donors (Lipinski definition) is 1. The monoisotopic (exact) mass is 393 g/mol. The fraction of sp³-hybridized carbons (Fsp3) is 0.500. The fourth-order valence-corrected chi connectivity index (χ4v) is 4.17. The number of aromatic nitrogens is 1. The van der Waals surface area contributed by atoms with Crippen molar-refractivity contribution in [1.29, 1.82) is 0 Å². The molecule has 4 nitrogen and oxygen atoms in total. The number of benzene rings is 1. The van der Waals surface area contributed by atoms with Gasteiger partial charge in [0, 0.05) is 24.0 Å². The van der Waals surface area contributed by atoms with Gasteiger partial charge in [0.1, 0.15) is 5.01 Å². The van der Waals surface area contributed by atoms with E-state index in [1.165, 1.54) is 5.56 Å². The average Bonchev–Trinajstić information content (AvgIpc) is 3.11. The van der Waals surface area contributed by atoms with E-state index in [0.29, 0.717) is 12.3 Å². The van der Waals surface area contributed by atoms with Crippen LogP contribution in [0.1, 0.15) is 31.0 Å². The SMILES string of the molecule is CCc1ccc(-c2nc(CC(=O)N3CCC(CNC)CC3)cs2)cc1.Cl. The van der Waals surface area contributed by atoms with Gasteiger partial charge < -0.3 is 10.2 Å². The molecule has 2 heterocycles. The molecule has 1 saturated heterocycles. The van der Waals surface area contributed by atoms with Crippen LogP contribution in [-0.4, -0.2) is 42.5 Å². The van der Waals surface area contributed by atoms with E-state index in [0.717, 1.165) is 55.2 Å². The maximum absolute atomic E-state index is 12.5. The summed E-state index contributed by atoms with van der Waals surface area (Å²) in [7, 11) is 1.99. The molecule has 26 heavy (non-hydrogen) atoms. The van der Waals surface area contributed by atoms with E-state index in [4.69, 9.17) is 0 Å². The van der Waals surface area contributed by atoms with Crippen LogP contribution in [0.3, 0.4) is 0 Å². The number of carbonyl (C=O) groups excluding carboxylic acids is 1. The van der Waals surface area contributed by atoms with Crippen LogP contribution in [0, 0.1) is 5.92 Å². The molecule has 3 rings (SSSR count). The van der Waals surface area contributed by atoms with E-state index in [2.05, 4.69) is 41.5 Å². The molecule has 0 atom stereocenters. The maximum Gasteiger partial charge on any atom is 0.228 e. The lowest BCUT2D eigenvalue weighted by molar-refractivity contribution is -0.131. The number of carbonyl (C=O) groups is 1. The maximum atomic E-state index is 12.5. The van der Waals surface area contributed by atoms with Crippen LogP contribution in [0.2, 0.25) is 0 Å². The van der Waals surface area contributed by atoms with Crippen molar-refractivity contribution in [3.63, 3.8) is 0 Å². The van der Waals surface area contributed by atoms with Crippen molar-refractivity contribution in [3.8, 4) is 10.6 Å². The molecule has 0 radical (unpaired) electrons. The highest BCUT2D eigenvalue weighted by Crippen LogP contribution is 2.25. The highest BCUT2D eigenvalue weighted by Gasteiger charge is 2.23. The summed E-state index contributed by atoms with van der Waals surface area (Å²) in [6, 6.07) is 8.54. The smallest absolute Gasteiger partial charge is 0.228 e. The van der Waals surface area contributed by atoms with Gasteiger partial charge in [0.05, 0.1) is 12.1 Å². The molecule has 1 aromatic carbocycles. The highest BCUT2D eigenvalue weighted by molar-refractivity contribution is 7.13.